The first-order valence-corrected chi connectivity index (χ1v) is 7.64. The quantitative estimate of drug-likeness (QED) is 0.662. The minimum atomic E-state index is 0.797. The van der Waals surface area contributed by atoms with Gasteiger partial charge in [-0.15, -0.1) is 0 Å². The van der Waals surface area contributed by atoms with Crippen molar-refractivity contribution in [3.63, 3.8) is 0 Å². The van der Waals surface area contributed by atoms with E-state index in [0.29, 0.717) is 0 Å². The van der Waals surface area contributed by atoms with E-state index in [4.69, 9.17) is 9.84 Å². The molecular weight excluding hydrogens is 238 g/mol. The molecular formula is C15H29N3O. The Morgan fingerprint density at radius 1 is 1.16 bits per heavy atom. The van der Waals surface area contributed by atoms with E-state index >= 15 is 0 Å². The zero-order valence-corrected chi connectivity index (χ0v) is 13.0. The lowest BCUT2D eigenvalue weighted by Crippen LogP contribution is -2.14. The van der Waals surface area contributed by atoms with Crippen LogP contribution in [0.5, 0.6) is 0 Å². The minimum Gasteiger partial charge on any atom is -0.382 e. The average Bonchev–Trinajstić information content (AvgIpc) is 2.78. The first kappa shape index (κ1) is 16.2. The number of aromatic nitrogens is 2. The van der Waals surface area contributed by atoms with Crippen molar-refractivity contribution in [3.8, 4) is 0 Å². The molecule has 19 heavy (non-hydrogen) atoms. The fraction of sp³-hybridized carbons (Fsp3) is 0.800. The highest BCUT2D eigenvalue weighted by atomic mass is 16.5. The number of ether oxygens (including phenoxy) is 1. The van der Waals surface area contributed by atoms with Crippen LogP contribution in [0.2, 0.25) is 0 Å². The van der Waals surface area contributed by atoms with Crippen molar-refractivity contribution in [1.82, 2.24) is 15.1 Å². The number of hydrogen-bond acceptors (Lipinski definition) is 3. The second kappa shape index (κ2) is 9.10. The van der Waals surface area contributed by atoms with Gasteiger partial charge in [0.1, 0.15) is 0 Å². The molecule has 0 saturated heterocycles. The molecule has 0 aliphatic carbocycles. The van der Waals surface area contributed by atoms with Crippen molar-refractivity contribution in [2.45, 2.75) is 60.0 Å². The van der Waals surface area contributed by atoms with E-state index in [1.807, 2.05) is 6.92 Å². The summed E-state index contributed by atoms with van der Waals surface area (Å²) in [6, 6.07) is 0. The van der Waals surface area contributed by atoms with Gasteiger partial charge in [-0.05, 0) is 32.7 Å². The highest BCUT2D eigenvalue weighted by Crippen LogP contribution is 2.16. The van der Waals surface area contributed by atoms with Crippen LogP contribution in [0.3, 0.4) is 0 Å². The minimum absolute atomic E-state index is 0.797. The van der Waals surface area contributed by atoms with Crippen molar-refractivity contribution < 1.29 is 4.74 Å². The molecule has 0 fully saturated rings. The number of hydrogen-bond donors (Lipinski definition) is 1. The van der Waals surface area contributed by atoms with Crippen molar-refractivity contribution in [1.29, 1.82) is 0 Å². The predicted molar refractivity (Wildman–Crippen MR) is 79.5 cm³/mol. The smallest absolute Gasteiger partial charge is 0.0669 e. The SMILES string of the molecule is CCNCc1c(CC)nn(CCCOCC)c1CC. The van der Waals surface area contributed by atoms with Crippen molar-refractivity contribution >= 4 is 0 Å². The van der Waals surface area contributed by atoms with Crippen molar-refractivity contribution in [2.24, 2.45) is 0 Å². The summed E-state index contributed by atoms with van der Waals surface area (Å²) in [5.74, 6) is 0. The Kier molecular flexibility index (Phi) is 7.75. The number of aryl methyl sites for hydroxylation is 2. The van der Waals surface area contributed by atoms with E-state index in [9.17, 15) is 0 Å². The van der Waals surface area contributed by atoms with E-state index in [1.54, 1.807) is 0 Å². The molecule has 0 aliphatic heterocycles. The number of nitrogens with zero attached hydrogens (tertiary/aromatic N) is 2. The summed E-state index contributed by atoms with van der Waals surface area (Å²) in [4.78, 5) is 0. The van der Waals surface area contributed by atoms with E-state index < -0.39 is 0 Å². The van der Waals surface area contributed by atoms with Gasteiger partial charge < -0.3 is 10.1 Å². The predicted octanol–water partition coefficient (Wildman–Crippen LogP) is 2.54. The van der Waals surface area contributed by atoms with Crippen LogP contribution in [0.1, 0.15) is 51.1 Å². The fourth-order valence-corrected chi connectivity index (χ4v) is 2.37. The molecule has 0 saturated carbocycles. The van der Waals surface area contributed by atoms with Gasteiger partial charge in [0.2, 0.25) is 0 Å². The summed E-state index contributed by atoms with van der Waals surface area (Å²) in [5.41, 5.74) is 4.03. The lowest BCUT2D eigenvalue weighted by Gasteiger charge is -2.08. The van der Waals surface area contributed by atoms with Gasteiger partial charge in [-0.3, -0.25) is 4.68 Å². The van der Waals surface area contributed by atoms with Crippen molar-refractivity contribution in [3.05, 3.63) is 17.0 Å². The summed E-state index contributed by atoms with van der Waals surface area (Å²) in [5, 5.41) is 8.20. The molecule has 1 N–H and O–H groups in total. The Bertz CT molecular complexity index is 361. The monoisotopic (exact) mass is 267 g/mol. The molecule has 4 heteroatoms. The maximum Gasteiger partial charge on any atom is 0.0669 e. The van der Waals surface area contributed by atoms with Gasteiger partial charge in [0.05, 0.1) is 5.69 Å². The third-order valence-corrected chi connectivity index (χ3v) is 3.33. The van der Waals surface area contributed by atoms with Gasteiger partial charge in [-0.1, -0.05) is 20.8 Å². The standard InChI is InChI=1S/C15H29N3O/c1-5-14-13(12-16-7-3)15(6-2)18(17-14)10-9-11-19-8-4/h16H,5-12H2,1-4H3. The molecule has 0 radical (unpaired) electrons. The Morgan fingerprint density at radius 2 is 1.95 bits per heavy atom. The second-order valence-electron chi connectivity index (χ2n) is 4.63. The van der Waals surface area contributed by atoms with Gasteiger partial charge in [-0.2, -0.15) is 5.10 Å². The summed E-state index contributed by atoms with van der Waals surface area (Å²) >= 11 is 0. The van der Waals surface area contributed by atoms with E-state index in [1.165, 1.54) is 17.0 Å². The average molecular weight is 267 g/mol. The first-order chi connectivity index (χ1) is 9.28. The number of nitrogens with one attached hydrogen (secondary N) is 1. The molecule has 110 valence electrons. The van der Waals surface area contributed by atoms with Crippen LogP contribution in [-0.2, 0) is 30.7 Å². The van der Waals surface area contributed by atoms with E-state index in [-0.39, 0.29) is 0 Å². The highest BCUT2D eigenvalue weighted by molar-refractivity contribution is 5.26. The Hall–Kier alpha value is -0.870. The van der Waals surface area contributed by atoms with Crippen LogP contribution in [0.4, 0.5) is 0 Å². The molecule has 1 heterocycles. The fourth-order valence-electron chi connectivity index (χ4n) is 2.37. The van der Waals surface area contributed by atoms with Crippen LogP contribution >= 0.6 is 0 Å². The molecule has 1 aromatic heterocycles. The first-order valence-electron chi connectivity index (χ1n) is 7.64. The Morgan fingerprint density at radius 3 is 2.53 bits per heavy atom. The van der Waals surface area contributed by atoms with Gasteiger partial charge >= 0.3 is 0 Å². The van der Waals surface area contributed by atoms with Crippen LogP contribution < -0.4 is 5.32 Å². The molecule has 0 amide bonds. The van der Waals surface area contributed by atoms with Gasteiger partial charge in [0, 0.05) is 37.6 Å². The van der Waals surface area contributed by atoms with Gasteiger partial charge in [0.15, 0.2) is 0 Å². The Balaban J connectivity index is 2.76. The maximum atomic E-state index is 5.40. The van der Waals surface area contributed by atoms with Crippen LogP contribution in [0.25, 0.3) is 0 Å². The number of rotatable bonds is 10. The zero-order valence-electron chi connectivity index (χ0n) is 13.0. The summed E-state index contributed by atoms with van der Waals surface area (Å²) < 4.78 is 7.59. The maximum absolute atomic E-state index is 5.40. The highest BCUT2D eigenvalue weighted by Gasteiger charge is 2.14. The largest absolute Gasteiger partial charge is 0.382 e. The molecule has 1 rings (SSSR count). The van der Waals surface area contributed by atoms with Crippen LogP contribution in [-0.4, -0.2) is 29.5 Å². The molecule has 0 spiro atoms. The molecule has 1 aromatic rings. The van der Waals surface area contributed by atoms with E-state index in [2.05, 4.69) is 30.8 Å². The molecule has 0 aromatic carbocycles. The summed E-state index contributed by atoms with van der Waals surface area (Å²) in [7, 11) is 0. The normalized spacial score (nSPS) is 11.2. The molecule has 4 nitrogen and oxygen atoms in total. The lowest BCUT2D eigenvalue weighted by atomic mass is 10.1. The zero-order chi connectivity index (χ0) is 14.1. The van der Waals surface area contributed by atoms with Gasteiger partial charge in [0.25, 0.3) is 0 Å². The summed E-state index contributed by atoms with van der Waals surface area (Å²) in [6.07, 6.45) is 3.08. The van der Waals surface area contributed by atoms with Crippen LogP contribution in [0, 0.1) is 0 Å². The molecule has 0 aliphatic rings. The molecule has 0 atom stereocenters. The lowest BCUT2D eigenvalue weighted by molar-refractivity contribution is 0.140. The van der Waals surface area contributed by atoms with Crippen LogP contribution in [0.15, 0.2) is 0 Å². The molecule has 0 unspecified atom stereocenters. The Labute approximate surface area is 117 Å². The third kappa shape index (κ3) is 4.62. The topological polar surface area (TPSA) is 39.1 Å². The third-order valence-electron chi connectivity index (χ3n) is 3.33. The molecule has 0 bridgehead atoms. The van der Waals surface area contributed by atoms with E-state index in [0.717, 1.165) is 52.1 Å². The van der Waals surface area contributed by atoms with Crippen molar-refractivity contribution in [2.75, 3.05) is 19.8 Å². The van der Waals surface area contributed by atoms with Gasteiger partial charge in [-0.25, -0.2) is 0 Å². The second-order valence-corrected chi connectivity index (χ2v) is 4.63. The summed E-state index contributed by atoms with van der Waals surface area (Å²) in [6.45, 7) is 13.1.